The standard InChI is InChI=1S/C20H31NO2/c1-19-9-8-13(22)10-12(19)4-5-14-15-6-7-17(23)20(15,2)11-16(21-3)18(14)19/h4-5,13,15-18,21-23H,6-11H2,1-3H3/t13-,15-,16?,17-,18+,19-,20-/m0/s1. The number of hydrogen-bond donors (Lipinski definition) is 3. The van der Waals surface area contributed by atoms with Crippen LogP contribution in [0.5, 0.6) is 0 Å². The number of nitrogens with one attached hydrogen (secondary N) is 1. The van der Waals surface area contributed by atoms with Crippen molar-refractivity contribution in [2.24, 2.45) is 22.7 Å². The molecule has 7 atom stereocenters. The minimum atomic E-state index is -0.170. The van der Waals surface area contributed by atoms with Crippen molar-refractivity contribution < 1.29 is 10.2 Å². The molecule has 4 aliphatic rings. The van der Waals surface area contributed by atoms with Gasteiger partial charge in [-0.1, -0.05) is 37.1 Å². The van der Waals surface area contributed by atoms with Gasteiger partial charge in [0.05, 0.1) is 12.2 Å². The van der Waals surface area contributed by atoms with E-state index in [4.69, 9.17) is 0 Å². The first-order valence-electron chi connectivity index (χ1n) is 9.34. The zero-order valence-corrected chi connectivity index (χ0v) is 14.7. The van der Waals surface area contributed by atoms with E-state index in [0.29, 0.717) is 17.9 Å². The predicted octanol–water partition coefficient (Wildman–Crippen LogP) is 2.79. The fourth-order valence-corrected chi connectivity index (χ4v) is 6.41. The summed E-state index contributed by atoms with van der Waals surface area (Å²) in [4.78, 5) is 0. The van der Waals surface area contributed by atoms with Crippen molar-refractivity contribution in [2.45, 2.75) is 70.6 Å². The summed E-state index contributed by atoms with van der Waals surface area (Å²) in [7, 11) is 2.08. The molecule has 3 nitrogen and oxygen atoms in total. The van der Waals surface area contributed by atoms with Gasteiger partial charge in [0.25, 0.3) is 0 Å². The van der Waals surface area contributed by atoms with Crippen molar-refractivity contribution in [1.82, 2.24) is 5.32 Å². The van der Waals surface area contributed by atoms with Crippen LogP contribution in [0, 0.1) is 22.7 Å². The van der Waals surface area contributed by atoms with Gasteiger partial charge in [-0.2, -0.15) is 0 Å². The van der Waals surface area contributed by atoms with Gasteiger partial charge in [0.15, 0.2) is 0 Å². The van der Waals surface area contributed by atoms with Crippen molar-refractivity contribution in [3.05, 3.63) is 23.3 Å². The summed E-state index contributed by atoms with van der Waals surface area (Å²) in [5.74, 6) is 1.04. The normalized spacial score (nSPS) is 52.1. The first-order chi connectivity index (χ1) is 10.9. The van der Waals surface area contributed by atoms with Gasteiger partial charge in [0.1, 0.15) is 0 Å². The summed E-state index contributed by atoms with van der Waals surface area (Å²) in [6.45, 7) is 4.71. The number of fused-ring (bicyclic) bond motifs is 5. The maximum absolute atomic E-state index is 10.6. The van der Waals surface area contributed by atoms with E-state index in [2.05, 4.69) is 38.4 Å². The molecule has 0 saturated heterocycles. The molecule has 0 aromatic rings. The third-order valence-electron chi connectivity index (χ3n) is 7.83. The van der Waals surface area contributed by atoms with E-state index >= 15 is 0 Å². The predicted molar refractivity (Wildman–Crippen MR) is 91.9 cm³/mol. The number of aliphatic hydroxyl groups excluding tert-OH is 2. The average Bonchev–Trinajstić information content (AvgIpc) is 2.82. The summed E-state index contributed by atoms with van der Waals surface area (Å²) in [5.41, 5.74) is 3.20. The summed E-state index contributed by atoms with van der Waals surface area (Å²) < 4.78 is 0. The Morgan fingerprint density at radius 3 is 2.65 bits per heavy atom. The number of hydrogen-bond acceptors (Lipinski definition) is 3. The second-order valence-corrected chi connectivity index (χ2v) is 8.90. The zero-order valence-electron chi connectivity index (χ0n) is 14.7. The molecule has 3 saturated carbocycles. The van der Waals surface area contributed by atoms with E-state index in [1.54, 1.807) is 5.57 Å². The van der Waals surface area contributed by atoms with Crippen LogP contribution in [0.1, 0.15) is 52.4 Å². The second-order valence-electron chi connectivity index (χ2n) is 8.90. The summed E-state index contributed by atoms with van der Waals surface area (Å²) in [5, 5.41) is 24.3. The van der Waals surface area contributed by atoms with Crippen LogP contribution < -0.4 is 5.32 Å². The van der Waals surface area contributed by atoms with Crippen LogP contribution >= 0.6 is 0 Å². The zero-order chi connectivity index (χ0) is 16.4. The van der Waals surface area contributed by atoms with Crippen molar-refractivity contribution in [3.63, 3.8) is 0 Å². The third-order valence-corrected chi connectivity index (χ3v) is 7.83. The molecule has 3 fully saturated rings. The van der Waals surface area contributed by atoms with Gasteiger partial charge in [-0.25, -0.2) is 0 Å². The Balaban J connectivity index is 1.80. The van der Waals surface area contributed by atoms with Gasteiger partial charge in [-0.15, -0.1) is 0 Å². The Labute approximate surface area is 139 Å². The molecule has 0 aromatic heterocycles. The lowest BCUT2D eigenvalue weighted by atomic mass is 9.49. The molecule has 0 amide bonds. The molecule has 3 N–H and O–H groups in total. The maximum Gasteiger partial charge on any atom is 0.0600 e. The Kier molecular flexibility index (Phi) is 3.57. The number of rotatable bonds is 1. The highest BCUT2D eigenvalue weighted by Crippen LogP contribution is 2.63. The van der Waals surface area contributed by atoms with Crippen molar-refractivity contribution in [3.8, 4) is 0 Å². The van der Waals surface area contributed by atoms with Gasteiger partial charge in [0.2, 0.25) is 0 Å². The van der Waals surface area contributed by atoms with E-state index in [1.807, 2.05) is 0 Å². The van der Waals surface area contributed by atoms with Crippen LogP contribution in [-0.4, -0.2) is 35.5 Å². The fraction of sp³-hybridized carbons (Fsp3) is 0.800. The molecule has 0 bridgehead atoms. The van der Waals surface area contributed by atoms with Gasteiger partial charge in [0, 0.05) is 17.4 Å². The molecule has 0 spiro atoms. The molecule has 0 aromatic carbocycles. The van der Waals surface area contributed by atoms with Crippen LogP contribution in [0.4, 0.5) is 0 Å². The van der Waals surface area contributed by atoms with Gasteiger partial charge in [-0.3, -0.25) is 0 Å². The van der Waals surface area contributed by atoms with Gasteiger partial charge < -0.3 is 15.5 Å². The lowest BCUT2D eigenvalue weighted by molar-refractivity contribution is -0.0139. The molecular formula is C20H31NO2. The average molecular weight is 317 g/mol. The Hall–Kier alpha value is -0.640. The summed E-state index contributed by atoms with van der Waals surface area (Å²) in [6.07, 6.45) is 10.3. The van der Waals surface area contributed by atoms with E-state index in [0.717, 1.165) is 38.5 Å². The Morgan fingerprint density at radius 1 is 1.13 bits per heavy atom. The minimum absolute atomic E-state index is 0.0197. The number of allylic oxidation sites excluding steroid dienone is 2. The lowest BCUT2D eigenvalue weighted by Crippen LogP contribution is -2.56. The molecule has 0 aliphatic heterocycles. The smallest absolute Gasteiger partial charge is 0.0600 e. The molecule has 1 unspecified atom stereocenters. The molecule has 4 rings (SSSR count). The Morgan fingerprint density at radius 2 is 1.91 bits per heavy atom. The molecule has 128 valence electrons. The molecule has 4 aliphatic carbocycles. The topological polar surface area (TPSA) is 52.5 Å². The van der Waals surface area contributed by atoms with Crippen molar-refractivity contribution in [2.75, 3.05) is 7.05 Å². The minimum Gasteiger partial charge on any atom is -0.393 e. The third kappa shape index (κ3) is 2.06. The van der Waals surface area contributed by atoms with Crippen LogP contribution in [-0.2, 0) is 0 Å². The van der Waals surface area contributed by atoms with Crippen molar-refractivity contribution in [1.29, 1.82) is 0 Å². The van der Waals surface area contributed by atoms with E-state index in [9.17, 15) is 10.2 Å². The quantitative estimate of drug-likeness (QED) is 0.697. The van der Waals surface area contributed by atoms with Crippen LogP contribution in [0.15, 0.2) is 23.3 Å². The largest absolute Gasteiger partial charge is 0.393 e. The molecular weight excluding hydrogens is 286 g/mol. The van der Waals surface area contributed by atoms with E-state index < -0.39 is 0 Å². The van der Waals surface area contributed by atoms with Crippen LogP contribution in [0.25, 0.3) is 0 Å². The fourth-order valence-electron chi connectivity index (χ4n) is 6.41. The monoisotopic (exact) mass is 317 g/mol. The highest BCUT2D eigenvalue weighted by atomic mass is 16.3. The SMILES string of the molecule is CNC1C[C@]2(C)[C@@H](O)CC[C@H]2C2=CC=C3C[C@@H](O)CC[C@]3(C)[C@H]21. The van der Waals surface area contributed by atoms with Crippen molar-refractivity contribution >= 4 is 0 Å². The molecule has 0 heterocycles. The molecule has 0 radical (unpaired) electrons. The Bertz CT molecular complexity index is 568. The highest BCUT2D eigenvalue weighted by Gasteiger charge is 2.59. The molecule has 3 heteroatoms. The van der Waals surface area contributed by atoms with Crippen LogP contribution in [0.3, 0.4) is 0 Å². The van der Waals surface area contributed by atoms with Gasteiger partial charge in [-0.05, 0) is 56.9 Å². The summed E-state index contributed by atoms with van der Waals surface area (Å²) >= 11 is 0. The van der Waals surface area contributed by atoms with Crippen LogP contribution in [0.2, 0.25) is 0 Å². The second kappa shape index (κ2) is 5.18. The highest BCUT2D eigenvalue weighted by molar-refractivity contribution is 5.40. The maximum atomic E-state index is 10.6. The lowest BCUT2D eigenvalue weighted by Gasteiger charge is -2.57. The van der Waals surface area contributed by atoms with Gasteiger partial charge >= 0.3 is 0 Å². The van der Waals surface area contributed by atoms with E-state index in [-0.39, 0.29) is 23.0 Å². The molecule has 23 heavy (non-hydrogen) atoms. The number of aliphatic hydroxyl groups is 2. The first kappa shape index (κ1) is 15.9. The first-order valence-corrected chi connectivity index (χ1v) is 9.34. The van der Waals surface area contributed by atoms with E-state index in [1.165, 1.54) is 5.57 Å². The summed E-state index contributed by atoms with van der Waals surface area (Å²) in [6, 6.07) is 0.416.